The van der Waals surface area contributed by atoms with Crippen molar-refractivity contribution in [1.29, 1.82) is 0 Å². The summed E-state index contributed by atoms with van der Waals surface area (Å²) in [5.41, 5.74) is 0. The predicted molar refractivity (Wildman–Crippen MR) is 38.8 cm³/mol. The molecule has 2 heteroatoms. The number of carbonyl (C=O) groups is 1. The fraction of sp³-hybridized carbons (Fsp3) is 0.875. The number of rotatable bonds is 4. The van der Waals surface area contributed by atoms with E-state index in [4.69, 9.17) is 4.74 Å². The fourth-order valence-corrected chi connectivity index (χ4v) is 1.30. The smallest absolute Gasteiger partial charge is 0.119 e. The summed E-state index contributed by atoms with van der Waals surface area (Å²) < 4.78 is 5.20. The van der Waals surface area contributed by atoms with Crippen molar-refractivity contribution in [2.75, 3.05) is 13.2 Å². The van der Waals surface area contributed by atoms with Gasteiger partial charge in [0.05, 0.1) is 0 Å². The van der Waals surface area contributed by atoms with Gasteiger partial charge in [0.2, 0.25) is 0 Å². The maximum atomic E-state index is 9.95. The van der Waals surface area contributed by atoms with Gasteiger partial charge in [-0.15, -0.1) is 0 Å². The minimum Gasteiger partial charge on any atom is -0.381 e. The molecule has 1 saturated heterocycles. The normalized spacial score (nSPS) is 25.0. The second kappa shape index (κ2) is 4.45. The van der Waals surface area contributed by atoms with Gasteiger partial charge < -0.3 is 9.53 Å². The highest BCUT2D eigenvalue weighted by molar-refractivity contribution is 5.48. The first kappa shape index (κ1) is 7.73. The third kappa shape index (κ3) is 2.48. The summed E-state index contributed by atoms with van der Waals surface area (Å²) in [5.74, 6) is 0.736. The lowest BCUT2D eigenvalue weighted by Crippen LogP contribution is -1.98. The predicted octanol–water partition coefficient (Wildman–Crippen LogP) is 1.39. The Labute approximate surface area is 61.6 Å². The summed E-state index contributed by atoms with van der Waals surface area (Å²) in [7, 11) is 0. The van der Waals surface area contributed by atoms with Crippen LogP contribution in [0.15, 0.2) is 0 Å². The van der Waals surface area contributed by atoms with Crippen LogP contribution >= 0.6 is 0 Å². The van der Waals surface area contributed by atoms with Crippen LogP contribution in [0.25, 0.3) is 0 Å². The minimum atomic E-state index is 0.719. The van der Waals surface area contributed by atoms with E-state index in [0.717, 1.165) is 38.3 Å². The first-order valence-electron chi connectivity index (χ1n) is 3.95. The van der Waals surface area contributed by atoms with Crippen LogP contribution in [-0.2, 0) is 9.53 Å². The summed E-state index contributed by atoms with van der Waals surface area (Å²) in [5, 5.41) is 0. The zero-order valence-corrected chi connectivity index (χ0v) is 6.21. The van der Waals surface area contributed by atoms with Crippen molar-refractivity contribution in [2.45, 2.75) is 25.7 Å². The van der Waals surface area contributed by atoms with Crippen LogP contribution in [0.4, 0.5) is 0 Å². The Bertz CT molecular complexity index is 95.4. The van der Waals surface area contributed by atoms with Crippen molar-refractivity contribution in [3.05, 3.63) is 0 Å². The van der Waals surface area contributed by atoms with Gasteiger partial charge >= 0.3 is 0 Å². The second-order valence-electron chi connectivity index (χ2n) is 2.83. The highest BCUT2D eigenvalue weighted by Crippen LogP contribution is 2.18. The Balaban J connectivity index is 1.96. The molecule has 1 heterocycles. The van der Waals surface area contributed by atoms with Gasteiger partial charge in [-0.05, 0) is 25.2 Å². The molecule has 0 spiro atoms. The van der Waals surface area contributed by atoms with E-state index in [1.165, 1.54) is 12.8 Å². The maximum Gasteiger partial charge on any atom is 0.119 e. The largest absolute Gasteiger partial charge is 0.381 e. The highest BCUT2D eigenvalue weighted by Gasteiger charge is 2.14. The Kier molecular flexibility index (Phi) is 3.44. The number of hydrogen-bond acceptors (Lipinski definition) is 2. The first-order chi connectivity index (χ1) is 4.93. The molecule has 0 saturated carbocycles. The molecule has 0 amide bonds. The summed E-state index contributed by atoms with van der Waals surface area (Å²) in [4.78, 5) is 9.95. The molecular formula is C8H14O2. The topological polar surface area (TPSA) is 26.3 Å². The summed E-state index contributed by atoms with van der Waals surface area (Å²) in [6.07, 6.45) is 5.11. The molecule has 0 aromatic heterocycles. The monoisotopic (exact) mass is 142 g/mol. The number of aldehydes is 1. The van der Waals surface area contributed by atoms with Gasteiger partial charge in [0, 0.05) is 19.6 Å². The molecule has 58 valence electrons. The maximum absolute atomic E-state index is 9.95. The van der Waals surface area contributed by atoms with E-state index >= 15 is 0 Å². The SMILES string of the molecule is O=CCCCC1CCOC1. The van der Waals surface area contributed by atoms with Crippen molar-refractivity contribution < 1.29 is 9.53 Å². The van der Waals surface area contributed by atoms with Gasteiger partial charge in [0.1, 0.15) is 6.29 Å². The molecule has 1 aliphatic rings. The number of unbranched alkanes of at least 4 members (excludes halogenated alkanes) is 1. The van der Waals surface area contributed by atoms with Crippen LogP contribution in [0.3, 0.4) is 0 Å². The van der Waals surface area contributed by atoms with Crippen LogP contribution in [-0.4, -0.2) is 19.5 Å². The van der Waals surface area contributed by atoms with Crippen LogP contribution < -0.4 is 0 Å². The van der Waals surface area contributed by atoms with Crippen molar-refractivity contribution in [2.24, 2.45) is 5.92 Å². The minimum absolute atomic E-state index is 0.719. The lowest BCUT2D eigenvalue weighted by Gasteiger charge is -2.03. The van der Waals surface area contributed by atoms with Gasteiger partial charge in [-0.3, -0.25) is 0 Å². The Morgan fingerprint density at radius 1 is 1.60 bits per heavy atom. The van der Waals surface area contributed by atoms with Crippen molar-refractivity contribution in [1.82, 2.24) is 0 Å². The fourth-order valence-electron chi connectivity index (χ4n) is 1.30. The molecule has 0 N–H and O–H groups in total. The lowest BCUT2D eigenvalue weighted by atomic mass is 10.0. The van der Waals surface area contributed by atoms with E-state index in [0.29, 0.717) is 0 Å². The lowest BCUT2D eigenvalue weighted by molar-refractivity contribution is -0.108. The molecule has 0 bridgehead atoms. The Morgan fingerprint density at radius 3 is 3.10 bits per heavy atom. The average molecular weight is 142 g/mol. The van der Waals surface area contributed by atoms with Gasteiger partial charge in [0.25, 0.3) is 0 Å². The molecule has 0 aromatic carbocycles. The molecule has 1 aliphatic heterocycles. The number of ether oxygens (including phenoxy) is 1. The Hall–Kier alpha value is -0.370. The molecule has 0 aliphatic carbocycles. The number of hydrogen-bond donors (Lipinski definition) is 0. The van der Waals surface area contributed by atoms with Gasteiger partial charge in [-0.25, -0.2) is 0 Å². The molecule has 2 nitrogen and oxygen atoms in total. The van der Waals surface area contributed by atoms with Crippen LogP contribution in [0.5, 0.6) is 0 Å². The van der Waals surface area contributed by atoms with Gasteiger partial charge in [-0.1, -0.05) is 0 Å². The van der Waals surface area contributed by atoms with Gasteiger partial charge in [-0.2, -0.15) is 0 Å². The molecule has 1 fully saturated rings. The number of carbonyl (C=O) groups excluding carboxylic acids is 1. The van der Waals surface area contributed by atoms with Crippen LogP contribution in [0.2, 0.25) is 0 Å². The van der Waals surface area contributed by atoms with Crippen molar-refractivity contribution >= 4 is 6.29 Å². The van der Waals surface area contributed by atoms with Gasteiger partial charge in [0.15, 0.2) is 0 Å². The Morgan fingerprint density at radius 2 is 2.50 bits per heavy atom. The highest BCUT2D eigenvalue weighted by atomic mass is 16.5. The zero-order chi connectivity index (χ0) is 7.23. The molecular weight excluding hydrogens is 128 g/mol. The summed E-state index contributed by atoms with van der Waals surface area (Å²) in [6.45, 7) is 1.84. The van der Waals surface area contributed by atoms with E-state index in [9.17, 15) is 4.79 Å². The summed E-state index contributed by atoms with van der Waals surface area (Å²) in [6, 6.07) is 0. The average Bonchev–Trinajstić information content (AvgIpc) is 2.41. The van der Waals surface area contributed by atoms with Crippen molar-refractivity contribution in [3.63, 3.8) is 0 Å². The van der Waals surface area contributed by atoms with E-state index < -0.39 is 0 Å². The molecule has 0 radical (unpaired) electrons. The van der Waals surface area contributed by atoms with E-state index in [-0.39, 0.29) is 0 Å². The quantitative estimate of drug-likeness (QED) is 0.438. The van der Waals surface area contributed by atoms with Crippen LogP contribution in [0, 0.1) is 5.92 Å². The second-order valence-corrected chi connectivity index (χ2v) is 2.83. The first-order valence-corrected chi connectivity index (χ1v) is 3.95. The molecule has 1 atom stereocenters. The van der Waals surface area contributed by atoms with Crippen molar-refractivity contribution in [3.8, 4) is 0 Å². The zero-order valence-electron chi connectivity index (χ0n) is 6.21. The molecule has 10 heavy (non-hydrogen) atoms. The van der Waals surface area contributed by atoms with E-state index in [2.05, 4.69) is 0 Å². The molecule has 1 unspecified atom stereocenters. The van der Waals surface area contributed by atoms with E-state index in [1.54, 1.807) is 0 Å². The molecule has 1 rings (SSSR count). The standard InChI is InChI=1S/C8H14O2/c9-5-2-1-3-8-4-6-10-7-8/h5,8H,1-4,6-7H2. The third-order valence-corrected chi connectivity index (χ3v) is 1.96. The third-order valence-electron chi connectivity index (χ3n) is 1.96. The molecule has 0 aromatic rings. The van der Waals surface area contributed by atoms with Crippen LogP contribution in [0.1, 0.15) is 25.7 Å². The summed E-state index contributed by atoms with van der Waals surface area (Å²) >= 11 is 0. The van der Waals surface area contributed by atoms with E-state index in [1.807, 2.05) is 0 Å².